The maximum absolute atomic E-state index is 13.8. The van der Waals surface area contributed by atoms with Gasteiger partial charge in [0, 0.05) is 29.5 Å². The Bertz CT molecular complexity index is 1180. The van der Waals surface area contributed by atoms with Crippen LogP contribution in [0.15, 0.2) is 54.0 Å². The third-order valence-electron chi connectivity index (χ3n) is 7.49. The van der Waals surface area contributed by atoms with Gasteiger partial charge in [0.05, 0.1) is 5.52 Å². The zero-order valence-corrected chi connectivity index (χ0v) is 21.4. The highest BCUT2D eigenvalue weighted by Crippen LogP contribution is 2.38. The Labute approximate surface area is 211 Å². The lowest BCUT2D eigenvalue weighted by atomic mass is 9.73. The number of hydrogen-bond donors (Lipinski definition) is 1. The summed E-state index contributed by atoms with van der Waals surface area (Å²) in [6, 6.07) is 14.3. The van der Waals surface area contributed by atoms with Crippen molar-refractivity contribution in [3.05, 3.63) is 64.5 Å². The largest absolute Gasteiger partial charge is 0.325 e. The molecule has 2 aliphatic heterocycles. The molecule has 2 aromatic heterocycles. The number of likely N-dealkylation sites (tertiary alicyclic amines) is 1. The second kappa shape index (κ2) is 10.1. The van der Waals surface area contributed by atoms with Crippen molar-refractivity contribution >= 4 is 34.2 Å². The van der Waals surface area contributed by atoms with Crippen LogP contribution >= 0.6 is 11.3 Å². The van der Waals surface area contributed by atoms with E-state index in [-0.39, 0.29) is 17.9 Å². The van der Waals surface area contributed by atoms with Crippen LogP contribution < -0.4 is 5.32 Å². The summed E-state index contributed by atoms with van der Waals surface area (Å²) in [7, 11) is 0. The summed E-state index contributed by atoms with van der Waals surface area (Å²) in [6.07, 6.45) is 5.05. The molecule has 3 amide bonds. The molecule has 2 saturated heterocycles. The Kier molecular flexibility index (Phi) is 6.89. The Balaban J connectivity index is 1.28. The van der Waals surface area contributed by atoms with E-state index >= 15 is 0 Å². The number of urea groups is 1. The first kappa shape index (κ1) is 23.9. The molecule has 6 nitrogen and oxygen atoms in total. The fourth-order valence-corrected chi connectivity index (χ4v) is 6.57. The van der Waals surface area contributed by atoms with Gasteiger partial charge >= 0.3 is 6.03 Å². The summed E-state index contributed by atoms with van der Waals surface area (Å²) >= 11 is 1.67. The van der Waals surface area contributed by atoms with Gasteiger partial charge in [0.2, 0.25) is 0 Å². The summed E-state index contributed by atoms with van der Waals surface area (Å²) in [5, 5.41) is 6.40. The highest BCUT2D eigenvalue weighted by Gasteiger charge is 2.55. The fraction of sp³-hybridized carbons (Fsp3) is 0.464. The number of nitrogens with one attached hydrogen (secondary N) is 1. The van der Waals surface area contributed by atoms with E-state index in [1.54, 1.807) is 11.3 Å². The predicted molar refractivity (Wildman–Crippen MR) is 140 cm³/mol. The molecule has 5 rings (SSSR count). The van der Waals surface area contributed by atoms with Gasteiger partial charge in [-0.05, 0) is 73.7 Å². The van der Waals surface area contributed by atoms with Crippen LogP contribution in [-0.4, -0.2) is 51.9 Å². The van der Waals surface area contributed by atoms with Crippen molar-refractivity contribution in [1.82, 2.24) is 20.1 Å². The van der Waals surface area contributed by atoms with E-state index in [2.05, 4.69) is 59.4 Å². The van der Waals surface area contributed by atoms with Gasteiger partial charge in [-0.3, -0.25) is 19.6 Å². The summed E-state index contributed by atoms with van der Waals surface area (Å²) < 4.78 is 0. The molecule has 0 radical (unpaired) electrons. The number of carbonyl (C=O) groups is 2. The number of amides is 3. The van der Waals surface area contributed by atoms with E-state index < -0.39 is 5.54 Å². The minimum absolute atomic E-state index is 0.0236. The first-order valence-electron chi connectivity index (χ1n) is 12.7. The van der Waals surface area contributed by atoms with E-state index in [4.69, 9.17) is 0 Å². The minimum Gasteiger partial charge on any atom is -0.323 e. The quantitative estimate of drug-likeness (QED) is 0.447. The lowest BCUT2D eigenvalue weighted by Gasteiger charge is -2.41. The van der Waals surface area contributed by atoms with Crippen LogP contribution in [0.4, 0.5) is 4.79 Å². The smallest absolute Gasteiger partial charge is 0.323 e. The molecule has 1 atom stereocenters. The number of carbonyl (C=O) groups excluding carboxylic acids is 2. The Morgan fingerprint density at radius 1 is 1.11 bits per heavy atom. The minimum atomic E-state index is -0.784. The van der Waals surface area contributed by atoms with Crippen LogP contribution in [0, 0.1) is 11.8 Å². The van der Waals surface area contributed by atoms with Gasteiger partial charge in [0.15, 0.2) is 0 Å². The van der Waals surface area contributed by atoms with E-state index in [1.807, 2.05) is 23.7 Å². The summed E-state index contributed by atoms with van der Waals surface area (Å²) in [4.78, 5) is 36.5. The number of rotatable bonds is 8. The number of nitrogens with zero attached hydrogens (tertiary/aromatic N) is 3. The third-order valence-corrected chi connectivity index (χ3v) is 8.42. The van der Waals surface area contributed by atoms with Crippen molar-refractivity contribution in [2.24, 2.45) is 11.8 Å². The normalized spacial score (nSPS) is 21.9. The van der Waals surface area contributed by atoms with Gasteiger partial charge in [0.1, 0.15) is 5.54 Å². The molecule has 2 aliphatic rings. The third kappa shape index (κ3) is 4.84. The highest BCUT2D eigenvalue weighted by molar-refractivity contribution is 7.09. The predicted octanol–water partition coefficient (Wildman–Crippen LogP) is 5.09. The SMILES string of the molecule is CC(C)C[C@]1(C2CCN(Cc3cccc4cccnc34)CC2)NC(=O)N(CCc2cccs2)C1=O. The Morgan fingerprint density at radius 2 is 1.91 bits per heavy atom. The zero-order chi connectivity index (χ0) is 24.4. The number of imide groups is 1. The van der Waals surface area contributed by atoms with Crippen molar-refractivity contribution in [1.29, 1.82) is 0 Å². The second-order valence-electron chi connectivity index (χ2n) is 10.3. The van der Waals surface area contributed by atoms with Crippen LogP contribution in [0.2, 0.25) is 0 Å². The number of aromatic nitrogens is 1. The number of para-hydroxylation sites is 1. The molecule has 0 unspecified atom stereocenters. The van der Waals surface area contributed by atoms with Gasteiger partial charge in [-0.1, -0.05) is 44.2 Å². The Hall–Kier alpha value is -2.77. The molecule has 3 aromatic rings. The van der Waals surface area contributed by atoms with Crippen molar-refractivity contribution in [3.63, 3.8) is 0 Å². The number of thiophene rings is 1. The van der Waals surface area contributed by atoms with Crippen molar-refractivity contribution < 1.29 is 9.59 Å². The molecule has 4 heterocycles. The summed E-state index contributed by atoms with van der Waals surface area (Å²) in [5.41, 5.74) is 1.52. The molecule has 1 N–H and O–H groups in total. The van der Waals surface area contributed by atoms with Crippen molar-refractivity contribution in [2.75, 3.05) is 19.6 Å². The maximum atomic E-state index is 13.8. The Morgan fingerprint density at radius 3 is 2.66 bits per heavy atom. The van der Waals surface area contributed by atoms with E-state index in [0.717, 1.165) is 43.4 Å². The summed E-state index contributed by atoms with van der Waals surface area (Å²) in [6.45, 7) is 7.39. The van der Waals surface area contributed by atoms with Gasteiger partial charge in [-0.25, -0.2) is 4.79 Å². The number of fused-ring (bicyclic) bond motifs is 1. The molecule has 0 spiro atoms. The van der Waals surface area contributed by atoms with E-state index in [0.29, 0.717) is 25.3 Å². The molecule has 7 heteroatoms. The standard InChI is InChI=1S/C28H34N4O2S/c1-20(2)18-28(26(33)32(27(34)30-28)16-12-24-9-5-17-35-24)23-10-14-31(15-11-23)19-22-7-3-6-21-8-4-13-29-25(21)22/h3-9,13,17,20,23H,10-12,14-16,18-19H2,1-2H3,(H,30,34)/t28-/m1/s1. The number of hydrogen-bond acceptors (Lipinski definition) is 5. The first-order valence-corrected chi connectivity index (χ1v) is 13.6. The molecular formula is C28H34N4O2S. The van der Waals surface area contributed by atoms with Crippen LogP contribution in [0.3, 0.4) is 0 Å². The molecule has 1 aromatic carbocycles. The molecule has 0 bridgehead atoms. The van der Waals surface area contributed by atoms with E-state index in [1.165, 1.54) is 15.3 Å². The van der Waals surface area contributed by atoms with Gasteiger partial charge < -0.3 is 5.32 Å². The lowest BCUT2D eigenvalue weighted by molar-refractivity contribution is -0.134. The molecule has 35 heavy (non-hydrogen) atoms. The molecule has 184 valence electrons. The van der Waals surface area contributed by atoms with E-state index in [9.17, 15) is 9.59 Å². The average molecular weight is 491 g/mol. The number of piperidine rings is 1. The highest BCUT2D eigenvalue weighted by atomic mass is 32.1. The van der Waals surface area contributed by atoms with Gasteiger partial charge in [-0.2, -0.15) is 0 Å². The maximum Gasteiger partial charge on any atom is 0.325 e. The van der Waals surface area contributed by atoms with Crippen LogP contribution in [0.5, 0.6) is 0 Å². The van der Waals surface area contributed by atoms with Crippen molar-refractivity contribution in [3.8, 4) is 0 Å². The van der Waals surface area contributed by atoms with Gasteiger partial charge in [-0.15, -0.1) is 11.3 Å². The van der Waals surface area contributed by atoms with Crippen molar-refractivity contribution in [2.45, 2.75) is 51.6 Å². The molecule has 0 aliphatic carbocycles. The van der Waals surface area contributed by atoms with Gasteiger partial charge in [0.25, 0.3) is 5.91 Å². The zero-order valence-electron chi connectivity index (χ0n) is 20.6. The average Bonchev–Trinajstić information content (AvgIpc) is 3.45. The second-order valence-corrected chi connectivity index (χ2v) is 11.4. The molecule has 2 fully saturated rings. The number of benzene rings is 1. The molecule has 0 saturated carbocycles. The van der Waals surface area contributed by atoms with Crippen LogP contribution in [-0.2, 0) is 17.8 Å². The fourth-order valence-electron chi connectivity index (χ4n) is 5.87. The lowest BCUT2D eigenvalue weighted by Crippen LogP contribution is -2.56. The van der Waals surface area contributed by atoms with Crippen LogP contribution in [0.25, 0.3) is 10.9 Å². The topological polar surface area (TPSA) is 65.5 Å². The number of pyridine rings is 1. The monoisotopic (exact) mass is 490 g/mol. The first-order chi connectivity index (χ1) is 17.0. The van der Waals surface area contributed by atoms with Crippen LogP contribution in [0.1, 0.15) is 43.6 Å². The molecular weight excluding hydrogens is 456 g/mol. The summed E-state index contributed by atoms with van der Waals surface area (Å²) in [5.74, 6) is 0.440.